The first-order chi connectivity index (χ1) is 8.04. The van der Waals surface area contributed by atoms with E-state index in [1.165, 1.54) is 0 Å². The number of benzene rings is 2. The van der Waals surface area contributed by atoms with E-state index >= 15 is 0 Å². The highest BCUT2D eigenvalue weighted by atomic mass is 16.5. The fourth-order valence-electron chi connectivity index (χ4n) is 2.18. The van der Waals surface area contributed by atoms with Crippen LogP contribution in [-0.4, -0.2) is 12.2 Å². The quantitative estimate of drug-likeness (QED) is 0.877. The molecule has 2 aromatic rings. The molecule has 17 heavy (non-hydrogen) atoms. The summed E-state index contributed by atoms with van der Waals surface area (Å²) in [6.07, 6.45) is 0. The van der Waals surface area contributed by atoms with Gasteiger partial charge in [0.25, 0.3) is 0 Å². The minimum atomic E-state index is -0.828. The Kier molecular flexibility index (Phi) is 3.18. The molecule has 0 unspecified atom stereocenters. The summed E-state index contributed by atoms with van der Waals surface area (Å²) in [5.41, 5.74) is 1.27. The van der Waals surface area contributed by atoms with Crippen LogP contribution >= 0.6 is 0 Å². The van der Waals surface area contributed by atoms with Gasteiger partial charge in [-0.3, -0.25) is 0 Å². The van der Waals surface area contributed by atoms with E-state index in [0.29, 0.717) is 6.61 Å². The summed E-state index contributed by atoms with van der Waals surface area (Å²) >= 11 is 0. The molecule has 0 atom stereocenters. The first-order valence-electron chi connectivity index (χ1n) is 5.76. The van der Waals surface area contributed by atoms with Crippen molar-refractivity contribution in [2.24, 2.45) is 0 Å². The van der Waals surface area contributed by atoms with Crippen molar-refractivity contribution in [3.8, 4) is 0 Å². The molecule has 0 aromatic heterocycles. The molecule has 0 aliphatic carbocycles. The van der Waals surface area contributed by atoms with Gasteiger partial charge in [-0.15, -0.1) is 0 Å². The first kappa shape index (κ1) is 12.1. The number of methoxy groups -OCH3 is 1. The molecule has 2 heteroatoms. The summed E-state index contributed by atoms with van der Waals surface area (Å²) in [7, 11) is 1.69. The van der Waals surface area contributed by atoms with Gasteiger partial charge >= 0.3 is 0 Å². The Morgan fingerprint density at radius 1 is 1.06 bits per heavy atom. The largest absolute Gasteiger partial charge is 0.386 e. The Bertz CT molecular complexity index is 524. The van der Waals surface area contributed by atoms with Crippen LogP contribution < -0.4 is 0 Å². The normalized spacial score (nSPS) is 12.0. The molecule has 0 aliphatic rings. The molecule has 0 heterocycles. The highest BCUT2D eigenvalue weighted by molar-refractivity contribution is 5.89. The van der Waals surface area contributed by atoms with E-state index in [4.69, 9.17) is 4.74 Å². The van der Waals surface area contributed by atoms with E-state index in [-0.39, 0.29) is 0 Å². The summed E-state index contributed by atoms with van der Waals surface area (Å²) in [5.74, 6) is 0. The maximum absolute atomic E-state index is 10.2. The van der Waals surface area contributed by atoms with Crippen molar-refractivity contribution in [1.29, 1.82) is 0 Å². The molecule has 1 N–H and O–H groups in total. The molecule has 2 aromatic carbocycles. The summed E-state index contributed by atoms with van der Waals surface area (Å²) in [5, 5.41) is 12.4. The third kappa shape index (κ3) is 2.33. The van der Waals surface area contributed by atoms with E-state index in [1.54, 1.807) is 7.11 Å². The Hall–Kier alpha value is -1.38. The Morgan fingerprint density at radius 3 is 2.29 bits per heavy atom. The molecule has 0 saturated carbocycles. The lowest BCUT2D eigenvalue weighted by atomic mass is 9.90. The van der Waals surface area contributed by atoms with Crippen LogP contribution in [0.4, 0.5) is 0 Å². The van der Waals surface area contributed by atoms with Gasteiger partial charge in [-0.25, -0.2) is 0 Å². The van der Waals surface area contributed by atoms with Crippen LogP contribution in [0.15, 0.2) is 36.4 Å². The molecule has 2 rings (SSSR count). The zero-order chi connectivity index (χ0) is 12.5. The fraction of sp³-hybridized carbons (Fsp3) is 0.333. The lowest BCUT2D eigenvalue weighted by Crippen LogP contribution is -2.16. The summed E-state index contributed by atoms with van der Waals surface area (Å²) in [6, 6.07) is 12.1. The average molecular weight is 230 g/mol. The van der Waals surface area contributed by atoms with Crippen molar-refractivity contribution in [2.45, 2.75) is 26.1 Å². The van der Waals surface area contributed by atoms with Gasteiger partial charge < -0.3 is 9.84 Å². The Morgan fingerprint density at radius 2 is 1.71 bits per heavy atom. The fourth-order valence-corrected chi connectivity index (χ4v) is 2.18. The van der Waals surface area contributed by atoms with Crippen molar-refractivity contribution >= 4 is 10.8 Å². The number of fused-ring (bicyclic) bond motifs is 1. The second-order valence-corrected chi connectivity index (χ2v) is 4.81. The zero-order valence-electron chi connectivity index (χ0n) is 10.5. The molecule has 0 aliphatic heterocycles. The van der Waals surface area contributed by atoms with Gasteiger partial charge in [-0.1, -0.05) is 36.4 Å². The van der Waals surface area contributed by atoms with Crippen LogP contribution in [0.1, 0.15) is 25.0 Å². The van der Waals surface area contributed by atoms with Gasteiger partial charge in [0.2, 0.25) is 0 Å². The lowest BCUT2D eigenvalue weighted by molar-refractivity contribution is 0.0801. The third-order valence-corrected chi connectivity index (χ3v) is 2.97. The molecular weight excluding hydrogens is 212 g/mol. The lowest BCUT2D eigenvalue weighted by Gasteiger charge is -2.21. The predicted octanol–water partition coefficient (Wildman–Crippen LogP) is 3.21. The summed E-state index contributed by atoms with van der Waals surface area (Å²) in [6.45, 7) is 4.21. The maximum atomic E-state index is 10.2. The number of hydrogen-bond acceptors (Lipinski definition) is 2. The van der Waals surface area contributed by atoms with Gasteiger partial charge in [0, 0.05) is 7.11 Å². The van der Waals surface area contributed by atoms with E-state index < -0.39 is 5.60 Å². The number of hydrogen-bond donors (Lipinski definition) is 1. The van der Waals surface area contributed by atoms with Crippen molar-refractivity contribution in [2.75, 3.05) is 7.11 Å². The smallest absolute Gasteiger partial charge is 0.0846 e. The van der Waals surface area contributed by atoms with Crippen molar-refractivity contribution in [3.05, 3.63) is 47.5 Å². The van der Waals surface area contributed by atoms with Gasteiger partial charge in [-0.05, 0) is 35.7 Å². The molecule has 0 bridgehead atoms. The molecule has 0 spiro atoms. The number of ether oxygens (including phenoxy) is 1. The molecule has 2 nitrogen and oxygen atoms in total. The molecule has 0 radical (unpaired) electrons. The van der Waals surface area contributed by atoms with Crippen molar-refractivity contribution < 1.29 is 9.84 Å². The van der Waals surface area contributed by atoms with Gasteiger partial charge in [0.1, 0.15) is 0 Å². The third-order valence-electron chi connectivity index (χ3n) is 2.97. The van der Waals surface area contributed by atoms with Crippen LogP contribution in [0.25, 0.3) is 10.8 Å². The van der Waals surface area contributed by atoms with Crippen LogP contribution in [0.3, 0.4) is 0 Å². The van der Waals surface area contributed by atoms with E-state index in [1.807, 2.05) is 44.2 Å². The van der Waals surface area contributed by atoms with Crippen molar-refractivity contribution in [1.82, 2.24) is 0 Å². The van der Waals surface area contributed by atoms with Gasteiger partial charge in [0.05, 0.1) is 12.2 Å². The SMILES string of the molecule is COCc1ccc(C(C)(C)O)c2ccccc12. The van der Waals surface area contributed by atoms with Crippen LogP contribution in [0.2, 0.25) is 0 Å². The van der Waals surface area contributed by atoms with Crippen LogP contribution in [0, 0.1) is 0 Å². The zero-order valence-corrected chi connectivity index (χ0v) is 10.5. The minimum Gasteiger partial charge on any atom is -0.386 e. The van der Waals surface area contributed by atoms with Gasteiger partial charge in [0.15, 0.2) is 0 Å². The van der Waals surface area contributed by atoms with E-state index in [2.05, 4.69) is 6.07 Å². The van der Waals surface area contributed by atoms with Crippen molar-refractivity contribution in [3.63, 3.8) is 0 Å². The highest BCUT2D eigenvalue weighted by Gasteiger charge is 2.19. The topological polar surface area (TPSA) is 29.5 Å². The molecule has 0 fully saturated rings. The molecular formula is C15H18O2. The maximum Gasteiger partial charge on any atom is 0.0846 e. The van der Waals surface area contributed by atoms with Crippen LogP contribution in [0.5, 0.6) is 0 Å². The number of aliphatic hydroxyl groups is 1. The highest BCUT2D eigenvalue weighted by Crippen LogP contribution is 2.30. The molecule has 0 amide bonds. The Balaban J connectivity index is 2.71. The summed E-state index contributed by atoms with van der Waals surface area (Å²) in [4.78, 5) is 0. The monoisotopic (exact) mass is 230 g/mol. The standard InChI is InChI=1S/C15H18O2/c1-15(2,16)14-9-8-11(10-17-3)12-6-4-5-7-13(12)14/h4-9,16H,10H2,1-3H3. The molecule has 90 valence electrons. The summed E-state index contributed by atoms with van der Waals surface area (Å²) < 4.78 is 5.20. The predicted molar refractivity (Wildman–Crippen MR) is 69.9 cm³/mol. The number of rotatable bonds is 3. The molecule has 0 saturated heterocycles. The second-order valence-electron chi connectivity index (χ2n) is 4.81. The van der Waals surface area contributed by atoms with E-state index in [0.717, 1.165) is 21.9 Å². The Labute approximate surface area is 102 Å². The van der Waals surface area contributed by atoms with Gasteiger partial charge in [-0.2, -0.15) is 0 Å². The van der Waals surface area contributed by atoms with E-state index in [9.17, 15) is 5.11 Å². The average Bonchev–Trinajstić information content (AvgIpc) is 2.28. The minimum absolute atomic E-state index is 0.590. The van der Waals surface area contributed by atoms with Crippen LogP contribution in [-0.2, 0) is 16.9 Å². The first-order valence-corrected chi connectivity index (χ1v) is 5.76. The second kappa shape index (κ2) is 4.47.